The van der Waals surface area contributed by atoms with Crippen LogP contribution in [-0.2, 0) is 19.4 Å². The molecule has 0 radical (unpaired) electrons. The first-order valence-corrected chi connectivity index (χ1v) is 9.73. The number of halogens is 3. The molecule has 3 rings (SSSR count). The predicted molar refractivity (Wildman–Crippen MR) is 93.4 cm³/mol. The number of hydrogen-bond acceptors (Lipinski definition) is 4. The van der Waals surface area contributed by atoms with Crippen LogP contribution in [0, 0.1) is 18.6 Å². The monoisotopic (exact) mass is 398 g/mol. The minimum Gasteiger partial charge on any atom is -0.457 e. The smallest absolute Gasteiger partial charge is 0.339 e. The first-order valence-electron chi connectivity index (χ1n) is 7.46. The third kappa shape index (κ3) is 3.24. The van der Waals surface area contributed by atoms with Crippen LogP contribution in [0.5, 0.6) is 0 Å². The molecule has 0 saturated carbocycles. The highest BCUT2D eigenvalue weighted by molar-refractivity contribution is 7.90. The van der Waals surface area contributed by atoms with E-state index < -0.39 is 32.3 Å². The normalized spacial score (nSPS) is 14.7. The SMILES string of the molecule is Cc1cc(C2=C(c3cc(F)c(S(C)(=O)=O)cc3F)COC2=O)ccc1Cl. The first-order chi connectivity index (χ1) is 12.1. The number of benzene rings is 2. The molecular formula is C18H13ClF2O4S. The zero-order valence-corrected chi connectivity index (χ0v) is 15.3. The summed E-state index contributed by atoms with van der Waals surface area (Å²) in [4.78, 5) is 11.4. The lowest BCUT2D eigenvalue weighted by molar-refractivity contribution is -0.133. The number of hydrogen-bond donors (Lipinski definition) is 0. The fourth-order valence-electron chi connectivity index (χ4n) is 2.75. The highest BCUT2D eigenvalue weighted by atomic mass is 35.5. The van der Waals surface area contributed by atoms with Crippen LogP contribution in [0.4, 0.5) is 8.78 Å². The molecule has 2 aromatic rings. The maximum absolute atomic E-state index is 14.5. The van der Waals surface area contributed by atoms with Crippen molar-refractivity contribution in [3.05, 3.63) is 63.7 Å². The van der Waals surface area contributed by atoms with Crippen molar-refractivity contribution in [3.63, 3.8) is 0 Å². The van der Waals surface area contributed by atoms with Gasteiger partial charge in [0, 0.05) is 22.4 Å². The maximum Gasteiger partial charge on any atom is 0.339 e. The topological polar surface area (TPSA) is 60.4 Å². The van der Waals surface area contributed by atoms with Crippen LogP contribution < -0.4 is 0 Å². The summed E-state index contributed by atoms with van der Waals surface area (Å²) in [5.74, 6) is -2.72. The Morgan fingerprint density at radius 1 is 1.12 bits per heavy atom. The fourth-order valence-corrected chi connectivity index (χ4v) is 3.60. The molecule has 4 nitrogen and oxygen atoms in total. The zero-order valence-electron chi connectivity index (χ0n) is 13.8. The molecular weight excluding hydrogens is 386 g/mol. The van der Waals surface area contributed by atoms with E-state index in [2.05, 4.69) is 0 Å². The minimum atomic E-state index is -3.93. The van der Waals surface area contributed by atoms with E-state index in [9.17, 15) is 22.0 Å². The van der Waals surface area contributed by atoms with Crippen LogP contribution in [0.15, 0.2) is 35.2 Å². The van der Waals surface area contributed by atoms with Crippen LogP contribution in [-0.4, -0.2) is 27.2 Å². The van der Waals surface area contributed by atoms with Crippen molar-refractivity contribution < 1.29 is 26.7 Å². The molecule has 136 valence electrons. The Morgan fingerprint density at radius 2 is 1.81 bits per heavy atom. The molecule has 8 heteroatoms. The summed E-state index contributed by atoms with van der Waals surface area (Å²) in [5.41, 5.74) is 1.18. The molecule has 0 atom stereocenters. The molecule has 26 heavy (non-hydrogen) atoms. The van der Waals surface area contributed by atoms with Gasteiger partial charge in [-0.05, 0) is 42.3 Å². The van der Waals surface area contributed by atoms with Crippen LogP contribution >= 0.6 is 11.6 Å². The molecule has 0 unspecified atom stereocenters. The Labute approximate surface area is 154 Å². The summed E-state index contributed by atoms with van der Waals surface area (Å²) in [6.07, 6.45) is 0.786. The molecule has 0 N–H and O–H groups in total. The summed E-state index contributed by atoms with van der Waals surface area (Å²) < 4.78 is 56.8. The number of aryl methyl sites for hydroxylation is 1. The number of cyclic esters (lactones) is 1. The maximum atomic E-state index is 14.5. The highest BCUT2D eigenvalue weighted by Crippen LogP contribution is 2.36. The van der Waals surface area contributed by atoms with Gasteiger partial charge < -0.3 is 4.74 Å². The molecule has 2 aromatic carbocycles. The van der Waals surface area contributed by atoms with Gasteiger partial charge in [-0.1, -0.05) is 17.7 Å². The molecule has 0 bridgehead atoms. The van der Waals surface area contributed by atoms with E-state index in [4.69, 9.17) is 16.3 Å². The van der Waals surface area contributed by atoms with Crippen LogP contribution in [0.1, 0.15) is 16.7 Å². The van der Waals surface area contributed by atoms with Gasteiger partial charge in [0.2, 0.25) is 0 Å². The Kier molecular flexibility index (Phi) is 4.62. The Hall–Kier alpha value is -2.25. The van der Waals surface area contributed by atoms with Crippen molar-refractivity contribution in [1.29, 1.82) is 0 Å². The van der Waals surface area contributed by atoms with E-state index in [1.165, 1.54) is 0 Å². The number of rotatable bonds is 3. The van der Waals surface area contributed by atoms with Gasteiger partial charge in [0.15, 0.2) is 9.84 Å². The summed E-state index contributed by atoms with van der Waals surface area (Å²) >= 11 is 5.98. The van der Waals surface area contributed by atoms with Crippen molar-refractivity contribution in [2.45, 2.75) is 11.8 Å². The minimum absolute atomic E-state index is 0.0928. The molecule has 0 spiro atoms. The summed E-state index contributed by atoms with van der Waals surface area (Å²) in [6, 6.07) is 6.19. The van der Waals surface area contributed by atoms with Gasteiger partial charge in [-0.3, -0.25) is 0 Å². The van der Waals surface area contributed by atoms with Gasteiger partial charge in [-0.15, -0.1) is 0 Å². The van der Waals surface area contributed by atoms with Gasteiger partial charge in [-0.25, -0.2) is 22.0 Å². The average Bonchev–Trinajstić information content (AvgIpc) is 2.92. The molecule has 1 heterocycles. The summed E-state index contributed by atoms with van der Waals surface area (Å²) in [5, 5.41) is 0.497. The molecule has 1 aliphatic heterocycles. The number of carbonyl (C=O) groups excluding carboxylic acids is 1. The number of esters is 1. The van der Waals surface area contributed by atoms with E-state index in [0.717, 1.165) is 12.3 Å². The van der Waals surface area contributed by atoms with Gasteiger partial charge >= 0.3 is 5.97 Å². The Balaban J connectivity index is 2.23. The zero-order chi connectivity index (χ0) is 19.2. The lowest BCUT2D eigenvalue weighted by atomic mass is 9.95. The Morgan fingerprint density at radius 3 is 2.42 bits per heavy atom. The highest BCUT2D eigenvalue weighted by Gasteiger charge is 2.30. The van der Waals surface area contributed by atoms with Crippen molar-refractivity contribution in [2.75, 3.05) is 12.9 Å². The van der Waals surface area contributed by atoms with Crippen molar-refractivity contribution in [3.8, 4) is 0 Å². The van der Waals surface area contributed by atoms with E-state index in [0.29, 0.717) is 22.2 Å². The van der Waals surface area contributed by atoms with Crippen molar-refractivity contribution >= 4 is 38.6 Å². The van der Waals surface area contributed by atoms with Crippen LogP contribution in [0.3, 0.4) is 0 Å². The van der Waals surface area contributed by atoms with E-state index >= 15 is 0 Å². The third-order valence-corrected chi connectivity index (χ3v) is 5.58. The van der Waals surface area contributed by atoms with E-state index in [1.54, 1.807) is 25.1 Å². The van der Waals surface area contributed by atoms with Gasteiger partial charge in [0.1, 0.15) is 23.1 Å². The van der Waals surface area contributed by atoms with Crippen molar-refractivity contribution in [2.24, 2.45) is 0 Å². The lowest BCUT2D eigenvalue weighted by Crippen LogP contribution is -2.04. The van der Waals surface area contributed by atoms with Crippen LogP contribution in [0.25, 0.3) is 11.1 Å². The lowest BCUT2D eigenvalue weighted by Gasteiger charge is -2.09. The molecule has 1 aliphatic rings. The first kappa shape index (κ1) is 18.5. The molecule has 0 amide bonds. The number of sulfone groups is 1. The molecule has 0 fully saturated rings. The predicted octanol–water partition coefficient (Wildman–Crippen LogP) is 3.80. The standard InChI is InChI=1S/C18H13ClF2O4S/c1-9-5-10(3-4-13(9)19)17-12(8-25-18(17)22)11-6-15(21)16(7-14(11)20)26(2,23)24/h3-7H,8H2,1-2H3. The second-order valence-electron chi connectivity index (χ2n) is 5.93. The van der Waals surface area contributed by atoms with Gasteiger partial charge in [-0.2, -0.15) is 0 Å². The second kappa shape index (κ2) is 6.48. The largest absolute Gasteiger partial charge is 0.457 e. The molecule has 0 aliphatic carbocycles. The van der Waals surface area contributed by atoms with E-state index in [-0.39, 0.29) is 23.3 Å². The van der Waals surface area contributed by atoms with Crippen molar-refractivity contribution in [1.82, 2.24) is 0 Å². The summed E-state index contributed by atoms with van der Waals surface area (Å²) in [6.45, 7) is 1.50. The van der Waals surface area contributed by atoms with Crippen LogP contribution in [0.2, 0.25) is 5.02 Å². The molecule has 0 saturated heterocycles. The molecule has 0 aromatic heterocycles. The number of ether oxygens (including phenoxy) is 1. The van der Waals surface area contributed by atoms with E-state index in [1.807, 2.05) is 0 Å². The number of carbonyl (C=O) groups is 1. The third-order valence-electron chi connectivity index (χ3n) is 4.05. The fraction of sp³-hybridized carbons (Fsp3) is 0.167. The quantitative estimate of drug-likeness (QED) is 0.738. The average molecular weight is 399 g/mol. The Bertz CT molecular complexity index is 1070. The van der Waals surface area contributed by atoms with Gasteiger partial charge in [0.05, 0.1) is 5.57 Å². The second-order valence-corrected chi connectivity index (χ2v) is 8.32. The van der Waals surface area contributed by atoms with Gasteiger partial charge in [0.25, 0.3) is 0 Å². The summed E-state index contributed by atoms with van der Waals surface area (Å²) in [7, 11) is -3.93.